The maximum atomic E-state index is 13.0. The number of hydrogen-bond acceptors (Lipinski definition) is 8. The summed E-state index contributed by atoms with van der Waals surface area (Å²) in [5, 5.41) is 12.9. The predicted molar refractivity (Wildman–Crippen MR) is 154 cm³/mol. The first kappa shape index (κ1) is 28.1. The van der Waals surface area contributed by atoms with Crippen molar-refractivity contribution in [1.29, 1.82) is 5.26 Å². The van der Waals surface area contributed by atoms with E-state index in [9.17, 15) is 10.1 Å². The fourth-order valence-electron chi connectivity index (χ4n) is 6.46. The van der Waals surface area contributed by atoms with E-state index in [1.807, 2.05) is 13.8 Å². The molecule has 0 aromatic heterocycles. The summed E-state index contributed by atoms with van der Waals surface area (Å²) in [5.74, 6) is 0.124. The van der Waals surface area contributed by atoms with Gasteiger partial charge in [-0.2, -0.15) is 5.26 Å². The van der Waals surface area contributed by atoms with Crippen LogP contribution in [-0.2, 0) is 14.2 Å². The maximum Gasteiger partial charge on any atom is 0.410 e. The summed E-state index contributed by atoms with van der Waals surface area (Å²) in [7, 11) is 1.68. The smallest absolute Gasteiger partial charge is 0.410 e. The second-order valence-electron chi connectivity index (χ2n) is 11.3. The highest BCUT2D eigenvalue weighted by molar-refractivity contribution is 6.34. The van der Waals surface area contributed by atoms with Gasteiger partial charge in [0.05, 0.1) is 47.7 Å². The van der Waals surface area contributed by atoms with E-state index in [4.69, 9.17) is 30.8 Å². The highest BCUT2D eigenvalue weighted by Crippen LogP contribution is 2.67. The maximum absolute atomic E-state index is 13.0. The van der Waals surface area contributed by atoms with E-state index in [1.165, 1.54) is 6.26 Å². The van der Waals surface area contributed by atoms with Crippen LogP contribution in [0, 0.1) is 34.5 Å². The van der Waals surface area contributed by atoms with Crippen LogP contribution in [0.5, 0.6) is 0 Å². The number of rotatable bonds is 9. The highest BCUT2D eigenvalue weighted by Gasteiger charge is 2.77. The molecule has 4 fully saturated rings. The van der Waals surface area contributed by atoms with Crippen LogP contribution < -0.4 is 5.32 Å². The predicted octanol–water partition coefficient (Wildman–Crippen LogP) is 4.55. The molecule has 2 saturated heterocycles. The third-order valence-corrected chi connectivity index (χ3v) is 9.24. The lowest BCUT2D eigenvalue weighted by atomic mass is 9.49. The molecular weight excluding hydrogens is 532 g/mol. The summed E-state index contributed by atoms with van der Waals surface area (Å²) in [4.78, 5) is 29.2. The summed E-state index contributed by atoms with van der Waals surface area (Å²) in [6.45, 7) is 13.9. The molecule has 2 aliphatic heterocycles. The van der Waals surface area contributed by atoms with Gasteiger partial charge in [-0.25, -0.2) is 4.79 Å². The Balaban J connectivity index is 1.42. The van der Waals surface area contributed by atoms with Crippen LogP contribution in [0.25, 0.3) is 0 Å². The van der Waals surface area contributed by atoms with E-state index >= 15 is 0 Å². The van der Waals surface area contributed by atoms with Crippen LogP contribution in [0.2, 0.25) is 5.02 Å². The number of ether oxygens (including phenoxy) is 3. The van der Waals surface area contributed by atoms with Crippen LogP contribution in [-0.4, -0.2) is 80.5 Å². The molecule has 0 bridgehead atoms. The number of carbonyl (C=O) groups excluding carboxylic acids is 1. The molecule has 10 nitrogen and oxygen atoms in total. The summed E-state index contributed by atoms with van der Waals surface area (Å²) < 4.78 is 17.4. The Morgan fingerprint density at radius 1 is 1.43 bits per heavy atom. The quantitative estimate of drug-likeness (QED) is 0.266. The lowest BCUT2D eigenvalue weighted by Crippen LogP contribution is -2.67. The Hall–Kier alpha value is -3.42. The standard InChI is InChI=1S/C29H35ClN6O4/c1-6-38-14-20(25(32-4)34-22-8-7-19(12-31)11-21(22)30)18(2)35-29(33-5)23-13-36(26(37)40-27(3)9-10-27)16-28(23)17-39-15-24(28)29/h6-8,11,20,23-24H,1,5,9-10,13-17H2,2-4H3,(H,32,34). The molecule has 5 rings (SSSR count). The molecule has 1 aromatic carbocycles. The van der Waals surface area contributed by atoms with E-state index in [0.29, 0.717) is 48.4 Å². The minimum Gasteiger partial charge on any atom is -0.501 e. The van der Waals surface area contributed by atoms with Crippen molar-refractivity contribution in [3.05, 3.63) is 41.6 Å². The Labute approximate surface area is 239 Å². The van der Waals surface area contributed by atoms with Crippen LogP contribution in [0.1, 0.15) is 32.3 Å². The van der Waals surface area contributed by atoms with Gasteiger partial charge in [-0.15, -0.1) is 0 Å². The molecule has 212 valence electrons. The number of amidine groups is 1. The van der Waals surface area contributed by atoms with Gasteiger partial charge in [-0.05, 0) is 51.6 Å². The summed E-state index contributed by atoms with van der Waals surface area (Å²) >= 11 is 6.44. The van der Waals surface area contributed by atoms with Gasteiger partial charge in [0.15, 0.2) is 5.66 Å². The Morgan fingerprint density at radius 3 is 2.83 bits per heavy atom. The molecule has 2 saturated carbocycles. The van der Waals surface area contributed by atoms with Crippen molar-refractivity contribution in [1.82, 2.24) is 4.90 Å². The molecule has 0 radical (unpaired) electrons. The molecule has 1 N–H and O–H groups in total. The summed E-state index contributed by atoms with van der Waals surface area (Å²) in [6.07, 6.45) is 2.88. The molecule has 1 spiro atoms. The number of likely N-dealkylation sites (tertiary alicyclic amines) is 1. The van der Waals surface area contributed by atoms with Gasteiger partial charge in [-0.3, -0.25) is 15.0 Å². The minimum absolute atomic E-state index is 0.0179. The minimum atomic E-state index is -0.851. The van der Waals surface area contributed by atoms with Crippen molar-refractivity contribution < 1.29 is 19.0 Å². The SMILES string of the molecule is C=COCC(C(C)=NC1(N=C)C2COCC23CN(C(=O)OC2(C)CC2)CC31)C(=NC)Nc1ccc(C#N)cc1Cl. The van der Waals surface area contributed by atoms with Crippen LogP contribution in [0.3, 0.4) is 0 Å². The molecule has 1 aromatic rings. The zero-order chi connectivity index (χ0) is 28.7. The second-order valence-corrected chi connectivity index (χ2v) is 11.7. The first-order valence-corrected chi connectivity index (χ1v) is 13.8. The molecule has 2 aliphatic carbocycles. The normalized spacial score (nSPS) is 30.7. The highest BCUT2D eigenvalue weighted by atomic mass is 35.5. The van der Waals surface area contributed by atoms with Gasteiger partial charge >= 0.3 is 6.09 Å². The van der Waals surface area contributed by atoms with E-state index in [-0.39, 0.29) is 41.5 Å². The number of nitrogens with one attached hydrogen (secondary N) is 1. The van der Waals surface area contributed by atoms with Crippen LogP contribution >= 0.6 is 11.6 Å². The Kier molecular flexibility index (Phi) is 7.40. The van der Waals surface area contributed by atoms with Crippen LogP contribution in [0.4, 0.5) is 10.5 Å². The molecule has 4 aliphatic rings. The van der Waals surface area contributed by atoms with Gasteiger partial charge in [0.25, 0.3) is 0 Å². The fourth-order valence-corrected chi connectivity index (χ4v) is 6.69. The first-order valence-electron chi connectivity index (χ1n) is 13.4. The average molecular weight is 567 g/mol. The third kappa shape index (κ3) is 4.65. The number of nitriles is 1. The van der Waals surface area contributed by atoms with Gasteiger partial charge in [-0.1, -0.05) is 18.2 Å². The summed E-state index contributed by atoms with van der Waals surface area (Å²) in [6, 6.07) is 7.10. The fraction of sp³-hybridized carbons (Fsp3) is 0.552. The van der Waals surface area contributed by atoms with Gasteiger partial charge in [0, 0.05) is 43.1 Å². The van der Waals surface area contributed by atoms with Crippen molar-refractivity contribution >= 4 is 41.6 Å². The molecule has 11 heteroatoms. The van der Waals surface area contributed by atoms with Crippen molar-refractivity contribution in [2.24, 2.45) is 38.1 Å². The molecule has 5 atom stereocenters. The van der Waals surface area contributed by atoms with Crippen molar-refractivity contribution in [3.8, 4) is 6.07 Å². The van der Waals surface area contributed by atoms with Gasteiger partial charge in [0.2, 0.25) is 0 Å². The third-order valence-electron chi connectivity index (χ3n) is 8.93. The van der Waals surface area contributed by atoms with Gasteiger partial charge in [0.1, 0.15) is 18.0 Å². The topological polar surface area (TPSA) is 121 Å². The largest absolute Gasteiger partial charge is 0.501 e. The number of anilines is 1. The molecule has 1 amide bonds. The van der Waals surface area contributed by atoms with Crippen molar-refractivity contribution in [2.75, 3.05) is 45.3 Å². The van der Waals surface area contributed by atoms with E-state index in [0.717, 1.165) is 18.6 Å². The number of carbonyl (C=O) groups is 1. The number of nitrogens with zero attached hydrogens (tertiary/aromatic N) is 5. The monoisotopic (exact) mass is 566 g/mol. The zero-order valence-corrected chi connectivity index (χ0v) is 23.9. The molecule has 5 unspecified atom stereocenters. The van der Waals surface area contributed by atoms with E-state index in [2.05, 4.69) is 34.7 Å². The number of aliphatic imine (C=N–C) groups is 3. The number of amides is 1. The molecule has 2 heterocycles. The molecule has 40 heavy (non-hydrogen) atoms. The average Bonchev–Trinajstić information content (AvgIpc) is 3.39. The number of hydrogen-bond donors (Lipinski definition) is 1. The first-order chi connectivity index (χ1) is 19.1. The Bertz CT molecular complexity index is 1320. The van der Waals surface area contributed by atoms with E-state index in [1.54, 1.807) is 30.1 Å². The summed E-state index contributed by atoms with van der Waals surface area (Å²) in [5.41, 5.74) is 0.383. The Morgan fingerprint density at radius 2 is 2.20 bits per heavy atom. The van der Waals surface area contributed by atoms with Gasteiger partial charge < -0.3 is 24.4 Å². The zero-order valence-electron chi connectivity index (χ0n) is 23.2. The lowest BCUT2D eigenvalue weighted by Gasteiger charge is -2.57. The number of benzene rings is 1. The second kappa shape index (κ2) is 10.5. The lowest BCUT2D eigenvalue weighted by molar-refractivity contribution is -0.0640. The number of halogens is 1. The van der Waals surface area contributed by atoms with Crippen molar-refractivity contribution in [3.63, 3.8) is 0 Å². The van der Waals surface area contributed by atoms with Crippen LogP contribution in [0.15, 0.2) is 46.0 Å². The molecular formula is C29H35ClN6O4. The van der Waals surface area contributed by atoms with E-state index < -0.39 is 5.66 Å². The van der Waals surface area contributed by atoms with Crippen molar-refractivity contribution in [2.45, 2.75) is 38.0 Å².